The van der Waals surface area contributed by atoms with Crippen LogP contribution in [-0.4, -0.2) is 17.5 Å². The Morgan fingerprint density at radius 3 is 2.50 bits per heavy atom. The van der Waals surface area contributed by atoms with Crippen molar-refractivity contribution in [2.24, 2.45) is 10.4 Å². The van der Waals surface area contributed by atoms with Crippen molar-refractivity contribution in [3.8, 4) is 0 Å². The summed E-state index contributed by atoms with van der Waals surface area (Å²) in [4.78, 5) is 4.44. The zero-order chi connectivity index (χ0) is 9.41. The molecule has 1 aliphatic carbocycles. The third-order valence-corrected chi connectivity index (χ3v) is 3.23. The average Bonchev–Trinajstić information content (AvgIpc) is 2.53. The topological polar surface area (TPSA) is 36.2 Å². The number of aliphatic imine (C=N–C) groups is 1. The van der Waals surface area contributed by atoms with Gasteiger partial charge in [-0.25, -0.2) is 0 Å². The van der Waals surface area contributed by atoms with Gasteiger partial charge in [0.05, 0.1) is 5.54 Å². The van der Waals surface area contributed by atoms with E-state index in [1.54, 1.807) is 13.1 Å². The third kappa shape index (κ3) is 1.43. The maximum atomic E-state index is 7.24. The molecule has 0 radical (unpaired) electrons. The van der Waals surface area contributed by atoms with Crippen LogP contribution in [-0.2, 0) is 0 Å². The minimum absolute atomic E-state index is 0.115. The maximum absolute atomic E-state index is 7.24. The Hall–Kier alpha value is -0.660. The van der Waals surface area contributed by atoms with Gasteiger partial charge in [0.25, 0.3) is 0 Å². The lowest BCUT2D eigenvalue weighted by Crippen LogP contribution is -2.11. The quantitative estimate of drug-likeness (QED) is 0.626. The molecule has 2 unspecified atom stereocenters. The highest BCUT2D eigenvalue weighted by molar-refractivity contribution is 6.28. The lowest BCUT2D eigenvalue weighted by Gasteiger charge is -2.11. The van der Waals surface area contributed by atoms with E-state index in [1.165, 1.54) is 12.8 Å². The fourth-order valence-corrected chi connectivity index (χ4v) is 1.66. The van der Waals surface area contributed by atoms with Crippen molar-refractivity contribution in [2.45, 2.75) is 46.1 Å². The van der Waals surface area contributed by atoms with Crippen molar-refractivity contribution in [1.82, 2.24) is 0 Å². The maximum Gasteiger partial charge on any atom is 0.0641 e. The van der Waals surface area contributed by atoms with Gasteiger partial charge in [0.1, 0.15) is 0 Å². The molecule has 0 amide bonds. The van der Waals surface area contributed by atoms with E-state index in [2.05, 4.69) is 25.8 Å². The first-order valence-electron chi connectivity index (χ1n) is 4.54. The molecular weight excluding hydrogens is 148 g/mol. The second kappa shape index (κ2) is 2.68. The van der Waals surface area contributed by atoms with E-state index in [0.29, 0.717) is 11.1 Å². The Bertz CT molecular complexity index is 232. The molecule has 0 bridgehead atoms. The van der Waals surface area contributed by atoms with Crippen molar-refractivity contribution in [3.05, 3.63) is 0 Å². The SMILES string of the molecule is CCC1(C)CC1(C)N=CC(C)=N. The molecule has 0 heterocycles. The molecule has 0 aliphatic heterocycles. The predicted molar refractivity (Wildman–Crippen MR) is 53.3 cm³/mol. The molecule has 0 aromatic heterocycles. The third-order valence-electron chi connectivity index (χ3n) is 3.23. The van der Waals surface area contributed by atoms with E-state index in [-0.39, 0.29) is 5.54 Å². The van der Waals surface area contributed by atoms with Gasteiger partial charge in [-0.3, -0.25) is 4.99 Å². The smallest absolute Gasteiger partial charge is 0.0641 e. The van der Waals surface area contributed by atoms with Crippen molar-refractivity contribution in [2.75, 3.05) is 0 Å². The summed E-state index contributed by atoms with van der Waals surface area (Å²) in [6.07, 6.45) is 4.03. The fraction of sp³-hybridized carbons (Fsp3) is 0.800. The summed E-state index contributed by atoms with van der Waals surface area (Å²) in [6, 6.07) is 0. The summed E-state index contributed by atoms with van der Waals surface area (Å²) >= 11 is 0. The van der Waals surface area contributed by atoms with E-state index in [9.17, 15) is 0 Å². The molecule has 1 rings (SSSR count). The molecule has 1 aliphatic rings. The van der Waals surface area contributed by atoms with Gasteiger partial charge in [-0.1, -0.05) is 13.8 Å². The summed E-state index contributed by atoms with van der Waals surface area (Å²) < 4.78 is 0. The first kappa shape index (κ1) is 9.43. The number of rotatable bonds is 3. The van der Waals surface area contributed by atoms with Gasteiger partial charge in [0.2, 0.25) is 0 Å². The van der Waals surface area contributed by atoms with Crippen LogP contribution in [0.1, 0.15) is 40.5 Å². The molecule has 2 nitrogen and oxygen atoms in total. The van der Waals surface area contributed by atoms with Gasteiger partial charge in [0, 0.05) is 11.9 Å². The minimum Gasteiger partial charge on any atom is -0.304 e. The van der Waals surface area contributed by atoms with Crippen LogP contribution in [0, 0.1) is 10.8 Å². The Kier molecular flexibility index (Phi) is 2.11. The van der Waals surface area contributed by atoms with Crippen molar-refractivity contribution < 1.29 is 0 Å². The molecule has 0 saturated heterocycles. The monoisotopic (exact) mass is 166 g/mol. The van der Waals surface area contributed by atoms with Crippen LogP contribution in [0.25, 0.3) is 0 Å². The molecule has 0 aromatic rings. The van der Waals surface area contributed by atoms with Crippen molar-refractivity contribution >= 4 is 11.9 Å². The highest BCUT2D eigenvalue weighted by Gasteiger charge is 2.59. The highest BCUT2D eigenvalue weighted by atomic mass is 15.0. The number of hydrogen-bond acceptors (Lipinski definition) is 2. The molecule has 2 atom stereocenters. The van der Waals surface area contributed by atoms with Gasteiger partial charge < -0.3 is 5.41 Å². The summed E-state index contributed by atoms with van der Waals surface area (Å²) in [7, 11) is 0. The molecule has 1 fully saturated rings. The lowest BCUT2D eigenvalue weighted by atomic mass is 10.0. The number of nitrogens with one attached hydrogen (secondary N) is 1. The first-order chi connectivity index (χ1) is 5.43. The van der Waals surface area contributed by atoms with E-state index in [0.717, 1.165) is 0 Å². The van der Waals surface area contributed by atoms with Gasteiger partial charge >= 0.3 is 0 Å². The second-order valence-electron chi connectivity index (χ2n) is 4.31. The Balaban J connectivity index is 2.62. The molecule has 12 heavy (non-hydrogen) atoms. The van der Waals surface area contributed by atoms with Gasteiger partial charge in [0.15, 0.2) is 0 Å². The zero-order valence-electron chi connectivity index (χ0n) is 8.44. The summed E-state index contributed by atoms with van der Waals surface area (Å²) in [5.74, 6) is 0. The zero-order valence-corrected chi connectivity index (χ0v) is 8.44. The standard InChI is InChI=1S/C10H18N2/c1-5-9(3)7-10(9,4)12-6-8(2)11/h6,11H,5,7H2,1-4H3. The number of hydrogen-bond donors (Lipinski definition) is 1. The normalized spacial score (nSPS) is 40.3. The van der Waals surface area contributed by atoms with Crippen LogP contribution in [0.5, 0.6) is 0 Å². The molecule has 1 saturated carbocycles. The van der Waals surface area contributed by atoms with Crippen molar-refractivity contribution in [3.63, 3.8) is 0 Å². The molecule has 2 heteroatoms. The van der Waals surface area contributed by atoms with E-state index >= 15 is 0 Å². The fourth-order valence-electron chi connectivity index (χ4n) is 1.66. The first-order valence-corrected chi connectivity index (χ1v) is 4.54. The van der Waals surface area contributed by atoms with E-state index < -0.39 is 0 Å². The van der Waals surface area contributed by atoms with Gasteiger partial charge in [-0.05, 0) is 32.1 Å². The van der Waals surface area contributed by atoms with Gasteiger partial charge in [-0.2, -0.15) is 0 Å². The van der Waals surface area contributed by atoms with Crippen LogP contribution in [0.3, 0.4) is 0 Å². The van der Waals surface area contributed by atoms with Crippen molar-refractivity contribution in [1.29, 1.82) is 5.41 Å². The summed E-state index contributed by atoms with van der Waals surface area (Å²) in [5, 5.41) is 7.24. The molecule has 0 aromatic carbocycles. The highest BCUT2D eigenvalue weighted by Crippen LogP contribution is 2.60. The van der Waals surface area contributed by atoms with E-state index in [1.807, 2.05) is 0 Å². The molecular formula is C10H18N2. The Morgan fingerprint density at radius 1 is 1.58 bits per heavy atom. The van der Waals surface area contributed by atoms with Crippen LogP contribution >= 0.6 is 0 Å². The van der Waals surface area contributed by atoms with Crippen LogP contribution in [0.2, 0.25) is 0 Å². The molecule has 0 spiro atoms. The average molecular weight is 166 g/mol. The summed E-state index contributed by atoms with van der Waals surface area (Å²) in [5.41, 5.74) is 1.05. The Labute approximate surface area is 74.6 Å². The van der Waals surface area contributed by atoms with Gasteiger partial charge in [-0.15, -0.1) is 0 Å². The minimum atomic E-state index is 0.115. The van der Waals surface area contributed by atoms with Crippen LogP contribution in [0.15, 0.2) is 4.99 Å². The largest absolute Gasteiger partial charge is 0.304 e. The predicted octanol–water partition coefficient (Wildman–Crippen LogP) is 2.68. The molecule has 1 N–H and O–H groups in total. The van der Waals surface area contributed by atoms with E-state index in [4.69, 9.17) is 5.41 Å². The lowest BCUT2D eigenvalue weighted by molar-refractivity contribution is 0.463. The van der Waals surface area contributed by atoms with Crippen LogP contribution in [0.4, 0.5) is 0 Å². The number of nitrogens with zero attached hydrogens (tertiary/aromatic N) is 1. The second-order valence-corrected chi connectivity index (χ2v) is 4.31. The summed E-state index contributed by atoms with van der Waals surface area (Å²) in [6.45, 7) is 8.41. The Morgan fingerprint density at radius 2 is 2.17 bits per heavy atom. The van der Waals surface area contributed by atoms with Crippen LogP contribution < -0.4 is 0 Å². The molecule has 68 valence electrons.